The van der Waals surface area contributed by atoms with Crippen molar-refractivity contribution in [3.63, 3.8) is 0 Å². The first-order valence-electron chi connectivity index (χ1n) is 28.4. The highest BCUT2D eigenvalue weighted by Crippen LogP contribution is 2.57. The first kappa shape index (κ1) is 46.1. The van der Waals surface area contributed by atoms with E-state index in [-0.39, 0.29) is 17.7 Å². The van der Waals surface area contributed by atoms with E-state index in [4.69, 9.17) is 4.42 Å². The molecular formula is C76H54BN3O. The van der Waals surface area contributed by atoms with Gasteiger partial charge in [0.25, 0.3) is 0 Å². The van der Waals surface area contributed by atoms with Gasteiger partial charge in [0.2, 0.25) is 0 Å². The number of benzene rings is 12. The summed E-state index contributed by atoms with van der Waals surface area (Å²) in [4.78, 5) is 7.71. The molecule has 0 fully saturated rings. The minimum atomic E-state index is -0.254. The lowest BCUT2D eigenvalue weighted by molar-refractivity contribution is 0.660. The molecule has 1 aromatic heterocycles. The minimum Gasteiger partial charge on any atom is -0.456 e. The van der Waals surface area contributed by atoms with Crippen LogP contribution in [0.4, 0.5) is 45.5 Å². The molecule has 5 heteroatoms. The smallest absolute Gasteiger partial charge is 0.333 e. The molecule has 2 aliphatic heterocycles. The summed E-state index contributed by atoms with van der Waals surface area (Å²) in [6.45, 7) is 9.33. The van der Waals surface area contributed by atoms with E-state index >= 15 is 0 Å². The maximum atomic E-state index is 7.06. The van der Waals surface area contributed by atoms with Gasteiger partial charge in [-0.05, 0) is 168 Å². The van der Waals surface area contributed by atoms with Crippen molar-refractivity contribution < 1.29 is 4.42 Å². The average molecular weight is 1040 g/mol. The van der Waals surface area contributed by atoms with Crippen molar-refractivity contribution >= 4 is 96.0 Å². The second-order valence-corrected chi connectivity index (χ2v) is 23.6. The molecule has 0 saturated carbocycles. The maximum Gasteiger partial charge on any atom is 0.333 e. The van der Waals surface area contributed by atoms with Crippen LogP contribution in [0.15, 0.2) is 259 Å². The lowest BCUT2D eigenvalue weighted by atomic mass is 9.43. The first-order valence-corrected chi connectivity index (χ1v) is 28.4. The predicted octanol–water partition coefficient (Wildman–Crippen LogP) is 19.2. The normalized spacial score (nSPS) is 14.5. The zero-order chi connectivity index (χ0) is 53.9. The third-order valence-corrected chi connectivity index (χ3v) is 18.6. The summed E-state index contributed by atoms with van der Waals surface area (Å²) in [6.07, 6.45) is 0. The van der Waals surface area contributed by atoms with Gasteiger partial charge < -0.3 is 19.0 Å². The van der Waals surface area contributed by atoms with Crippen LogP contribution >= 0.6 is 0 Å². The van der Waals surface area contributed by atoms with Crippen LogP contribution in [0.5, 0.6) is 0 Å². The Kier molecular flexibility index (Phi) is 9.59. The van der Waals surface area contributed by atoms with Crippen molar-refractivity contribution in [3.8, 4) is 44.5 Å². The molecule has 0 saturated heterocycles. The van der Waals surface area contributed by atoms with Gasteiger partial charge in [-0.1, -0.05) is 191 Å². The summed E-state index contributed by atoms with van der Waals surface area (Å²) in [5, 5.41) is 4.56. The number of nitrogens with zero attached hydrogens (tertiary/aromatic N) is 3. The fourth-order valence-electron chi connectivity index (χ4n) is 14.7. The van der Waals surface area contributed by atoms with Gasteiger partial charge in [-0.15, -0.1) is 0 Å². The molecule has 0 bridgehead atoms. The Hall–Kier alpha value is -9.84. The molecule has 0 N–H and O–H groups in total. The Morgan fingerprint density at radius 1 is 0.358 bits per heavy atom. The molecule has 13 aromatic rings. The van der Waals surface area contributed by atoms with E-state index in [0.29, 0.717) is 0 Å². The van der Waals surface area contributed by atoms with Crippen LogP contribution < -0.4 is 25.5 Å². The Balaban J connectivity index is 1.02. The zero-order valence-electron chi connectivity index (χ0n) is 45.6. The van der Waals surface area contributed by atoms with Crippen LogP contribution in [0.3, 0.4) is 0 Å². The third-order valence-electron chi connectivity index (χ3n) is 18.6. The lowest BCUT2D eigenvalue weighted by Gasteiger charge is -2.46. The Labute approximate surface area is 472 Å². The Morgan fingerprint density at radius 2 is 0.901 bits per heavy atom. The summed E-state index contributed by atoms with van der Waals surface area (Å²) >= 11 is 0. The molecule has 0 unspecified atom stereocenters. The largest absolute Gasteiger partial charge is 0.456 e. The molecule has 3 heterocycles. The van der Waals surface area contributed by atoms with E-state index in [1.165, 1.54) is 83.2 Å². The molecule has 0 radical (unpaired) electrons. The van der Waals surface area contributed by atoms with Crippen LogP contribution in [0, 0.1) is 0 Å². The number of fused-ring (bicyclic) bond motifs is 14. The standard InChI is InChI=1S/C76H54BN3O/c1-75(2)64-30-18-16-28-56(64)58-40-54(36-37-66(58)75)79-70-44-59-57-29-17-19-31-65(57)76(3,4)67(59)45-68(70)77-74-63(41-55(42-71(74)79)78(51-24-10-6-11-25-51)52-26-12-7-13-27-52)60-43-62-61-38-49-22-14-15-23-50(49)39-72(61)81-73(62)46-69(60)80(77)53-34-32-48(33-35-53)47-20-8-5-9-21-47/h5-46H,1-4H3. The number of anilines is 8. The summed E-state index contributed by atoms with van der Waals surface area (Å²) in [5.41, 5.74) is 28.1. The molecule has 17 rings (SSSR count). The van der Waals surface area contributed by atoms with Crippen LogP contribution in [0.2, 0.25) is 0 Å². The van der Waals surface area contributed by atoms with Crippen LogP contribution in [0.25, 0.3) is 77.2 Å². The maximum absolute atomic E-state index is 7.06. The predicted molar refractivity (Wildman–Crippen MR) is 340 cm³/mol. The monoisotopic (exact) mass is 1040 g/mol. The molecule has 2 aliphatic carbocycles. The van der Waals surface area contributed by atoms with Crippen molar-refractivity contribution in [2.45, 2.75) is 38.5 Å². The fraction of sp³-hybridized carbons (Fsp3) is 0.0789. The van der Waals surface area contributed by atoms with E-state index in [1.807, 2.05) is 0 Å². The number of para-hydroxylation sites is 2. The lowest BCUT2D eigenvalue weighted by Crippen LogP contribution is -2.61. The minimum absolute atomic E-state index is 0.147. The van der Waals surface area contributed by atoms with Crippen molar-refractivity contribution in [3.05, 3.63) is 277 Å². The molecule has 382 valence electrons. The quantitative estimate of drug-likeness (QED) is 0.155. The molecule has 0 spiro atoms. The Morgan fingerprint density at radius 3 is 1.59 bits per heavy atom. The number of rotatable bonds is 6. The summed E-state index contributed by atoms with van der Waals surface area (Å²) in [6, 6.07) is 95.2. The second kappa shape index (κ2) is 16.8. The number of hydrogen-bond acceptors (Lipinski definition) is 4. The van der Waals surface area contributed by atoms with Crippen molar-refractivity contribution in [1.29, 1.82) is 0 Å². The van der Waals surface area contributed by atoms with E-state index in [0.717, 1.165) is 72.7 Å². The van der Waals surface area contributed by atoms with Gasteiger partial charge in [0.15, 0.2) is 0 Å². The van der Waals surface area contributed by atoms with Gasteiger partial charge in [-0.3, -0.25) is 0 Å². The zero-order valence-corrected chi connectivity index (χ0v) is 45.6. The van der Waals surface area contributed by atoms with Gasteiger partial charge in [-0.2, -0.15) is 0 Å². The van der Waals surface area contributed by atoms with Crippen LogP contribution in [0.1, 0.15) is 49.9 Å². The van der Waals surface area contributed by atoms with E-state index in [9.17, 15) is 0 Å². The summed E-state index contributed by atoms with van der Waals surface area (Å²) in [7, 11) is 0. The van der Waals surface area contributed by atoms with Crippen molar-refractivity contribution in [1.82, 2.24) is 0 Å². The highest BCUT2D eigenvalue weighted by atomic mass is 16.3. The molecular weight excluding hydrogens is 982 g/mol. The topological polar surface area (TPSA) is 22.9 Å². The molecule has 12 aromatic carbocycles. The summed E-state index contributed by atoms with van der Waals surface area (Å²) < 4.78 is 7.06. The van der Waals surface area contributed by atoms with Crippen LogP contribution in [-0.4, -0.2) is 6.85 Å². The molecule has 0 amide bonds. The van der Waals surface area contributed by atoms with E-state index < -0.39 is 0 Å². The van der Waals surface area contributed by atoms with Gasteiger partial charge in [0.05, 0.1) is 0 Å². The van der Waals surface area contributed by atoms with Gasteiger partial charge in [-0.25, -0.2) is 0 Å². The molecule has 81 heavy (non-hydrogen) atoms. The SMILES string of the molecule is CC1(C)c2ccccc2-c2cc(N3c4cc5c(cc4B4c6c(cc(N(c7ccccc7)c7ccccc7)cc63)-c3cc6c(cc3N4c3ccc(-c4ccccc4)cc3)oc3cc4ccccc4cc36)C(C)(C)c3ccccc3-5)ccc21. The average Bonchev–Trinajstić information content (AvgIpc) is 3.65. The molecule has 4 aliphatic rings. The van der Waals surface area contributed by atoms with Crippen LogP contribution in [-0.2, 0) is 10.8 Å². The third kappa shape index (κ3) is 6.61. The van der Waals surface area contributed by atoms with Gasteiger partial charge in [0, 0.05) is 78.7 Å². The van der Waals surface area contributed by atoms with Gasteiger partial charge >= 0.3 is 6.85 Å². The van der Waals surface area contributed by atoms with E-state index in [2.05, 4.69) is 297 Å². The second-order valence-electron chi connectivity index (χ2n) is 23.6. The molecule has 4 nitrogen and oxygen atoms in total. The highest BCUT2D eigenvalue weighted by molar-refractivity contribution is 6.93. The summed E-state index contributed by atoms with van der Waals surface area (Å²) in [5.74, 6) is 0. The number of furan rings is 1. The van der Waals surface area contributed by atoms with Crippen molar-refractivity contribution in [2.24, 2.45) is 0 Å². The molecule has 0 atom stereocenters. The number of hydrogen-bond donors (Lipinski definition) is 0. The van der Waals surface area contributed by atoms with Gasteiger partial charge in [0.1, 0.15) is 11.2 Å². The fourth-order valence-corrected chi connectivity index (χ4v) is 14.7. The van der Waals surface area contributed by atoms with Crippen molar-refractivity contribution in [2.75, 3.05) is 14.6 Å². The highest BCUT2D eigenvalue weighted by Gasteiger charge is 2.48. The first-order chi connectivity index (χ1) is 39.7. The van der Waals surface area contributed by atoms with E-state index in [1.54, 1.807) is 0 Å². The Bertz CT molecular complexity index is 4730.